The van der Waals surface area contributed by atoms with Crippen molar-refractivity contribution in [2.24, 2.45) is 0 Å². The predicted molar refractivity (Wildman–Crippen MR) is 89.8 cm³/mol. The maximum atomic E-state index is 12.5. The molecule has 1 aromatic heterocycles. The van der Waals surface area contributed by atoms with Crippen molar-refractivity contribution in [3.63, 3.8) is 0 Å². The molecule has 0 saturated carbocycles. The van der Waals surface area contributed by atoms with E-state index >= 15 is 0 Å². The Morgan fingerprint density at radius 2 is 1.88 bits per heavy atom. The molecular weight excluding hydrogens is 310 g/mol. The van der Waals surface area contributed by atoms with E-state index in [-0.39, 0.29) is 24.9 Å². The highest BCUT2D eigenvalue weighted by atomic mass is 16.5. The Bertz CT molecular complexity index is 591. The number of Topliss-reactive ketones (excluding diaryl/α,β-unsaturated/α-hetero) is 1. The molecule has 24 heavy (non-hydrogen) atoms. The van der Waals surface area contributed by atoms with Gasteiger partial charge >= 0.3 is 5.97 Å². The minimum absolute atomic E-state index is 0.0930. The third kappa shape index (κ3) is 4.91. The highest BCUT2D eigenvalue weighted by Gasteiger charge is 2.26. The van der Waals surface area contributed by atoms with Crippen LogP contribution >= 0.6 is 0 Å². The van der Waals surface area contributed by atoms with Crippen LogP contribution in [0.4, 0.5) is 0 Å². The van der Waals surface area contributed by atoms with Gasteiger partial charge in [0.05, 0.1) is 24.4 Å². The first-order chi connectivity index (χ1) is 11.3. The molecule has 0 spiro atoms. The number of rotatable bonds is 9. The molecule has 1 atom stereocenters. The van der Waals surface area contributed by atoms with Crippen molar-refractivity contribution in [1.29, 1.82) is 0 Å². The maximum Gasteiger partial charge on any atom is 0.329 e. The van der Waals surface area contributed by atoms with E-state index in [1.165, 1.54) is 13.1 Å². The van der Waals surface area contributed by atoms with Gasteiger partial charge in [0.1, 0.15) is 11.8 Å². The van der Waals surface area contributed by atoms with Crippen LogP contribution in [0.1, 0.15) is 69.1 Å². The molecule has 0 radical (unpaired) electrons. The Balaban J connectivity index is 2.95. The van der Waals surface area contributed by atoms with E-state index < -0.39 is 17.9 Å². The Morgan fingerprint density at radius 1 is 1.25 bits per heavy atom. The van der Waals surface area contributed by atoms with E-state index in [0.717, 1.165) is 18.5 Å². The number of ketones is 1. The zero-order valence-electron chi connectivity index (χ0n) is 15.1. The highest BCUT2D eigenvalue weighted by Crippen LogP contribution is 2.19. The molecule has 0 unspecified atom stereocenters. The fraction of sp³-hybridized carbons (Fsp3) is 0.647. The summed E-state index contributed by atoms with van der Waals surface area (Å²) in [4.78, 5) is 35.8. The normalized spacial score (nSPS) is 12.1. The third-order valence-electron chi connectivity index (χ3n) is 3.95. The molecule has 7 heteroatoms. The maximum absolute atomic E-state index is 12.5. The van der Waals surface area contributed by atoms with Crippen LogP contribution in [-0.2, 0) is 14.3 Å². The number of carbonyl (C=O) groups is 3. The molecule has 0 aliphatic heterocycles. The SMILES string of the molecule is CCOC(=O)[C@H](CC(C)=O)NC(=O)c1cnn(C(CC)CC)c1C. The molecule has 1 amide bonds. The standard InChI is InChI=1S/C17H27N3O4/c1-6-13(7-2)20-12(5)14(10-18-20)16(22)19-15(9-11(4)21)17(23)24-8-3/h10,13,15H,6-9H2,1-5H3,(H,19,22)/t15-/m0/s1. The number of carbonyl (C=O) groups excluding carboxylic acids is 3. The van der Waals surface area contributed by atoms with Gasteiger partial charge in [-0.05, 0) is 33.6 Å². The average molecular weight is 337 g/mol. The third-order valence-corrected chi connectivity index (χ3v) is 3.95. The number of hydrogen-bond acceptors (Lipinski definition) is 5. The van der Waals surface area contributed by atoms with Crippen molar-refractivity contribution in [2.75, 3.05) is 6.61 Å². The van der Waals surface area contributed by atoms with Crippen molar-refractivity contribution in [3.8, 4) is 0 Å². The zero-order chi connectivity index (χ0) is 18.3. The van der Waals surface area contributed by atoms with Crippen molar-refractivity contribution in [1.82, 2.24) is 15.1 Å². The second kappa shape index (κ2) is 9.20. The molecule has 1 heterocycles. The number of nitrogens with one attached hydrogen (secondary N) is 1. The smallest absolute Gasteiger partial charge is 0.329 e. The van der Waals surface area contributed by atoms with Crippen LogP contribution in [0, 0.1) is 6.92 Å². The van der Waals surface area contributed by atoms with Gasteiger partial charge in [-0.1, -0.05) is 13.8 Å². The summed E-state index contributed by atoms with van der Waals surface area (Å²) < 4.78 is 6.76. The Kier molecular flexibility index (Phi) is 7.61. The summed E-state index contributed by atoms with van der Waals surface area (Å²) in [6.07, 6.45) is 3.23. The van der Waals surface area contributed by atoms with Gasteiger partial charge in [-0.15, -0.1) is 0 Å². The number of nitrogens with zero attached hydrogens (tertiary/aromatic N) is 2. The average Bonchev–Trinajstić information content (AvgIpc) is 2.90. The lowest BCUT2D eigenvalue weighted by Gasteiger charge is -2.17. The fourth-order valence-corrected chi connectivity index (χ4v) is 2.61. The second-order valence-corrected chi connectivity index (χ2v) is 5.74. The molecular formula is C17H27N3O4. The molecule has 0 aromatic carbocycles. The second-order valence-electron chi connectivity index (χ2n) is 5.74. The van der Waals surface area contributed by atoms with Gasteiger partial charge in [-0.3, -0.25) is 14.3 Å². The summed E-state index contributed by atoms with van der Waals surface area (Å²) in [7, 11) is 0. The molecule has 1 aromatic rings. The quantitative estimate of drug-likeness (QED) is 0.698. The Hall–Kier alpha value is -2.18. The van der Waals surface area contributed by atoms with Gasteiger partial charge in [0, 0.05) is 12.1 Å². The molecule has 134 valence electrons. The summed E-state index contributed by atoms with van der Waals surface area (Å²) in [6, 6.07) is -0.754. The summed E-state index contributed by atoms with van der Waals surface area (Å²) in [6.45, 7) is 9.19. The van der Waals surface area contributed by atoms with Crippen LogP contribution in [-0.4, -0.2) is 40.1 Å². The lowest BCUT2D eigenvalue weighted by Crippen LogP contribution is -2.43. The fourth-order valence-electron chi connectivity index (χ4n) is 2.61. The van der Waals surface area contributed by atoms with E-state index in [2.05, 4.69) is 24.3 Å². The summed E-state index contributed by atoms with van der Waals surface area (Å²) in [5.41, 5.74) is 1.14. The predicted octanol–water partition coefficient (Wildman–Crippen LogP) is 2.19. The summed E-state index contributed by atoms with van der Waals surface area (Å²) >= 11 is 0. The lowest BCUT2D eigenvalue weighted by molar-refractivity contribution is -0.146. The zero-order valence-corrected chi connectivity index (χ0v) is 15.1. The van der Waals surface area contributed by atoms with Crippen LogP contribution in [0.5, 0.6) is 0 Å². The van der Waals surface area contributed by atoms with Crippen LogP contribution in [0.25, 0.3) is 0 Å². The van der Waals surface area contributed by atoms with Crippen LogP contribution < -0.4 is 5.32 Å². The number of hydrogen-bond donors (Lipinski definition) is 1. The minimum atomic E-state index is -0.981. The van der Waals surface area contributed by atoms with Gasteiger partial charge < -0.3 is 10.1 Å². The van der Waals surface area contributed by atoms with Crippen LogP contribution in [0.3, 0.4) is 0 Å². The van der Waals surface area contributed by atoms with Crippen LogP contribution in [0.15, 0.2) is 6.20 Å². The first-order valence-electron chi connectivity index (χ1n) is 8.36. The summed E-state index contributed by atoms with van der Waals surface area (Å²) in [5.74, 6) is -1.23. The van der Waals surface area contributed by atoms with Gasteiger partial charge in [0.15, 0.2) is 0 Å². The van der Waals surface area contributed by atoms with E-state index in [9.17, 15) is 14.4 Å². The van der Waals surface area contributed by atoms with Gasteiger partial charge in [-0.2, -0.15) is 5.10 Å². The Labute approximate surface area is 142 Å². The largest absolute Gasteiger partial charge is 0.464 e. The van der Waals surface area contributed by atoms with E-state index in [1.54, 1.807) is 6.92 Å². The number of ether oxygens (including phenoxy) is 1. The number of amides is 1. The number of aromatic nitrogens is 2. The van der Waals surface area contributed by atoms with E-state index in [1.807, 2.05) is 11.6 Å². The van der Waals surface area contributed by atoms with E-state index in [4.69, 9.17) is 4.74 Å². The van der Waals surface area contributed by atoms with Crippen molar-refractivity contribution < 1.29 is 19.1 Å². The lowest BCUT2D eigenvalue weighted by atomic mass is 10.1. The van der Waals surface area contributed by atoms with Gasteiger partial charge in [0.2, 0.25) is 0 Å². The number of esters is 1. The van der Waals surface area contributed by atoms with E-state index in [0.29, 0.717) is 5.56 Å². The van der Waals surface area contributed by atoms with Crippen LogP contribution in [0.2, 0.25) is 0 Å². The first kappa shape index (κ1) is 19.9. The molecule has 0 bridgehead atoms. The Morgan fingerprint density at radius 3 is 2.38 bits per heavy atom. The molecule has 7 nitrogen and oxygen atoms in total. The van der Waals surface area contributed by atoms with Crippen molar-refractivity contribution in [3.05, 3.63) is 17.5 Å². The molecule has 0 aliphatic carbocycles. The van der Waals surface area contributed by atoms with Crippen molar-refractivity contribution >= 4 is 17.7 Å². The molecule has 1 rings (SSSR count). The first-order valence-corrected chi connectivity index (χ1v) is 8.36. The van der Waals surface area contributed by atoms with Gasteiger partial charge in [-0.25, -0.2) is 4.79 Å². The van der Waals surface area contributed by atoms with Crippen molar-refractivity contribution in [2.45, 2.75) is 66.0 Å². The summed E-state index contributed by atoms with van der Waals surface area (Å²) in [5, 5.41) is 6.89. The molecule has 0 fully saturated rings. The molecule has 1 N–H and O–H groups in total. The minimum Gasteiger partial charge on any atom is -0.464 e. The monoisotopic (exact) mass is 337 g/mol. The molecule has 0 aliphatic rings. The van der Waals surface area contributed by atoms with Gasteiger partial charge in [0.25, 0.3) is 5.91 Å². The topological polar surface area (TPSA) is 90.3 Å². The molecule has 0 saturated heterocycles. The highest BCUT2D eigenvalue weighted by molar-refractivity contribution is 5.98.